The van der Waals surface area contributed by atoms with Gasteiger partial charge in [0.1, 0.15) is 11.5 Å². The number of nitrogens with zero attached hydrogens (tertiary/aromatic N) is 4. The van der Waals surface area contributed by atoms with E-state index in [1.807, 2.05) is 75.6 Å². The number of aryl methyl sites for hydroxylation is 2. The number of carbonyl (C=O) groups excluding carboxylic acids is 1. The molecule has 1 amide bonds. The number of oxazole rings is 1. The Hall–Kier alpha value is -3.39. The van der Waals surface area contributed by atoms with Crippen molar-refractivity contribution in [3.05, 3.63) is 82.5 Å². The highest BCUT2D eigenvalue weighted by molar-refractivity contribution is 7.98. The molecule has 0 saturated carbocycles. The molecule has 2 aromatic heterocycles. The molecule has 0 radical (unpaired) electrons. The van der Waals surface area contributed by atoms with E-state index in [0.29, 0.717) is 30.4 Å². The zero-order chi connectivity index (χ0) is 22.7. The number of rotatable bonds is 7. The summed E-state index contributed by atoms with van der Waals surface area (Å²) in [5.41, 5.74) is 4.88. The number of nitrogens with one attached hydrogen (secondary N) is 1. The number of thioether (sulfide) groups is 1. The molecule has 0 atom stereocenters. The maximum atomic E-state index is 12.6. The van der Waals surface area contributed by atoms with Gasteiger partial charge in [-0.2, -0.15) is 0 Å². The second-order valence-corrected chi connectivity index (χ2v) is 8.48. The number of aromatic nitrogens is 4. The first-order valence-corrected chi connectivity index (χ1v) is 11.5. The first-order valence-electron chi connectivity index (χ1n) is 10.3. The van der Waals surface area contributed by atoms with Crippen molar-refractivity contribution in [2.45, 2.75) is 38.8 Å². The van der Waals surface area contributed by atoms with Crippen LogP contribution < -0.4 is 5.32 Å². The second-order valence-electron chi connectivity index (χ2n) is 7.60. The molecule has 1 N–H and O–H groups in total. The lowest BCUT2D eigenvalue weighted by atomic mass is 10.1. The van der Waals surface area contributed by atoms with E-state index in [9.17, 15) is 4.79 Å². The van der Waals surface area contributed by atoms with Crippen molar-refractivity contribution in [2.75, 3.05) is 6.26 Å². The molecule has 0 aliphatic rings. The molecule has 0 saturated heterocycles. The molecule has 7 nitrogen and oxygen atoms in total. The summed E-state index contributed by atoms with van der Waals surface area (Å²) in [6, 6.07) is 16.1. The van der Waals surface area contributed by atoms with Gasteiger partial charge < -0.3 is 9.73 Å². The van der Waals surface area contributed by atoms with Gasteiger partial charge in [0.25, 0.3) is 5.91 Å². The lowest BCUT2D eigenvalue weighted by Gasteiger charge is -2.05. The normalized spacial score (nSPS) is 11.0. The average Bonchev–Trinajstić information content (AvgIpc) is 3.35. The monoisotopic (exact) mass is 447 g/mol. The summed E-state index contributed by atoms with van der Waals surface area (Å²) >= 11 is 1.69. The SMILES string of the molecule is CSc1ccc(CNC(=O)c2nnn(Cc3nc(-c4ccc(C)cc4)oc3C)c2C)cc1. The van der Waals surface area contributed by atoms with Crippen molar-refractivity contribution in [1.82, 2.24) is 25.3 Å². The van der Waals surface area contributed by atoms with Crippen LogP contribution in [0.25, 0.3) is 11.5 Å². The van der Waals surface area contributed by atoms with E-state index in [-0.39, 0.29) is 5.91 Å². The zero-order valence-corrected chi connectivity index (χ0v) is 19.4. The Bertz CT molecular complexity index is 1230. The molecule has 2 aromatic carbocycles. The Morgan fingerprint density at radius 3 is 2.47 bits per heavy atom. The number of hydrogen-bond acceptors (Lipinski definition) is 6. The van der Waals surface area contributed by atoms with Crippen molar-refractivity contribution >= 4 is 17.7 Å². The summed E-state index contributed by atoms with van der Waals surface area (Å²) in [5.74, 6) is 1.04. The molecule has 164 valence electrons. The minimum absolute atomic E-state index is 0.250. The molecule has 0 aliphatic heterocycles. The molecule has 8 heteroatoms. The molecule has 0 fully saturated rings. The topological polar surface area (TPSA) is 85.8 Å². The van der Waals surface area contributed by atoms with Crippen molar-refractivity contribution in [2.24, 2.45) is 0 Å². The Kier molecular flexibility index (Phi) is 6.41. The zero-order valence-electron chi connectivity index (χ0n) is 18.5. The smallest absolute Gasteiger partial charge is 0.274 e. The lowest BCUT2D eigenvalue weighted by Crippen LogP contribution is -2.24. The third-order valence-electron chi connectivity index (χ3n) is 5.30. The van der Waals surface area contributed by atoms with Crippen molar-refractivity contribution in [3.8, 4) is 11.5 Å². The minimum atomic E-state index is -0.250. The predicted octanol–water partition coefficient (Wildman–Crippen LogP) is 4.56. The molecule has 0 spiro atoms. The maximum Gasteiger partial charge on any atom is 0.274 e. The van der Waals surface area contributed by atoms with Crippen LogP contribution in [0.15, 0.2) is 57.8 Å². The third-order valence-corrected chi connectivity index (χ3v) is 6.04. The van der Waals surface area contributed by atoms with Crippen LogP contribution in [0.5, 0.6) is 0 Å². The standard InChI is InChI=1S/C24H25N5O2S/c1-15-5-9-19(10-6-15)24-26-21(17(3)31-24)14-29-16(2)22(27-28-29)23(30)25-13-18-7-11-20(32-4)12-8-18/h5-12H,13-14H2,1-4H3,(H,25,30). The molecule has 0 bridgehead atoms. The van der Waals surface area contributed by atoms with Crippen molar-refractivity contribution in [1.29, 1.82) is 0 Å². The van der Waals surface area contributed by atoms with Gasteiger partial charge in [0.05, 0.1) is 12.2 Å². The number of benzene rings is 2. The summed E-state index contributed by atoms with van der Waals surface area (Å²) in [5, 5.41) is 11.2. The van der Waals surface area contributed by atoms with Crippen LogP contribution in [0.3, 0.4) is 0 Å². The fraction of sp³-hybridized carbons (Fsp3) is 0.250. The highest BCUT2D eigenvalue weighted by atomic mass is 32.2. The third kappa shape index (κ3) is 4.75. The van der Waals surface area contributed by atoms with Gasteiger partial charge in [-0.3, -0.25) is 4.79 Å². The summed E-state index contributed by atoms with van der Waals surface area (Å²) in [6.07, 6.45) is 2.03. The molecule has 4 rings (SSSR count). The van der Waals surface area contributed by atoms with Crippen molar-refractivity contribution < 1.29 is 9.21 Å². The average molecular weight is 448 g/mol. The quantitative estimate of drug-likeness (QED) is 0.418. The molecule has 0 aliphatic carbocycles. The van der Waals surface area contributed by atoms with Gasteiger partial charge in [-0.25, -0.2) is 9.67 Å². The highest BCUT2D eigenvalue weighted by Gasteiger charge is 2.19. The lowest BCUT2D eigenvalue weighted by molar-refractivity contribution is 0.0945. The highest BCUT2D eigenvalue weighted by Crippen LogP contribution is 2.23. The predicted molar refractivity (Wildman–Crippen MR) is 125 cm³/mol. The second kappa shape index (κ2) is 9.40. The van der Waals surface area contributed by atoms with E-state index < -0.39 is 0 Å². The van der Waals surface area contributed by atoms with Crippen LogP contribution in [0, 0.1) is 20.8 Å². The largest absolute Gasteiger partial charge is 0.441 e. The fourth-order valence-electron chi connectivity index (χ4n) is 3.27. The number of hydrogen-bond donors (Lipinski definition) is 1. The molecular weight excluding hydrogens is 422 g/mol. The van der Waals surface area contributed by atoms with Crippen LogP contribution in [0.2, 0.25) is 0 Å². The van der Waals surface area contributed by atoms with E-state index in [2.05, 4.69) is 20.6 Å². The maximum absolute atomic E-state index is 12.6. The van der Waals surface area contributed by atoms with E-state index in [4.69, 9.17) is 4.42 Å². The van der Waals surface area contributed by atoms with Gasteiger partial charge in [0.2, 0.25) is 5.89 Å². The Balaban J connectivity index is 1.44. The summed E-state index contributed by atoms with van der Waals surface area (Å²) in [4.78, 5) is 18.5. The van der Waals surface area contributed by atoms with Crippen LogP contribution in [-0.2, 0) is 13.1 Å². The van der Waals surface area contributed by atoms with Crippen molar-refractivity contribution in [3.63, 3.8) is 0 Å². The Morgan fingerprint density at radius 2 is 1.78 bits per heavy atom. The first kappa shape index (κ1) is 21.8. The molecular formula is C24H25N5O2S. The van der Waals surface area contributed by atoms with E-state index in [1.54, 1.807) is 16.4 Å². The van der Waals surface area contributed by atoms with Crippen LogP contribution in [0.1, 0.15) is 38.8 Å². The fourth-order valence-corrected chi connectivity index (χ4v) is 3.67. The van der Waals surface area contributed by atoms with Gasteiger partial charge in [0.15, 0.2) is 5.69 Å². The summed E-state index contributed by atoms with van der Waals surface area (Å²) in [6.45, 7) is 6.56. The van der Waals surface area contributed by atoms with Gasteiger partial charge in [-0.15, -0.1) is 16.9 Å². The van der Waals surface area contributed by atoms with E-state index in [0.717, 1.165) is 22.6 Å². The molecule has 4 aromatic rings. The molecule has 2 heterocycles. The number of amides is 1. The molecule has 32 heavy (non-hydrogen) atoms. The van der Waals surface area contributed by atoms with Gasteiger partial charge in [0, 0.05) is 17.0 Å². The van der Waals surface area contributed by atoms with Gasteiger partial charge in [-0.1, -0.05) is 35.0 Å². The van der Waals surface area contributed by atoms with Crippen LogP contribution in [0.4, 0.5) is 0 Å². The first-order chi connectivity index (χ1) is 15.4. The Morgan fingerprint density at radius 1 is 1.06 bits per heavy atom. The van der Waals surface area contributed by atoms with E-state index in [1.165, 1.54) is 10.5 Å². The van der Waals surface area contributed by atoms with Crippen LogP contribution >= 0.6 is 11.8 Å². The Labute approximate surface area is 191 Å². The molecule has 0 unspecified atom stereocenters. The minimum Gasteiger partial charge on any atom is -0.441 e. The summed E-state index contributed by atoms with van der Waals surface area (Å²) < 4.78 is 7.53. The van der Waals surface area contributed by atoms with Crippen LogP contribution in [-0.4, -0.2) is 32.1 Å². The van der Waals surface area contributed by atoms with E-state index >= 15 is 0 Å². The van der Waals surface area contributed by atoms with Gasteiger partial charge >= 0.3 is 0 Å². The van der Waals surface area contributed by atoms with Gasteiger partial charge in [-0.05, 0) is 56.9 Å². The number of carbonyl (C=O) groups is 1. The summed E-state index contributed by atoms with van der Waals surface area (Å²) in [7, 11) is 0.